The smallest absolute Gasteiger partial charge is 0.145 e. The summed E-state index contributed by atoms with van der Waals surface area (Å²) in [5, 5.41) is 5.21. The highest BCUT2D eigenvalue weighted by Gasteiger charge is 2.26. The van der Waals surface area contributed by atoms with Crippen LogP contribution < -0.4 is 10.1 Å². The van der Waals surface area contributed by atoms with Crippen molar-refractivity contribution in [2.45, 2.75) is 32.7 Å². The molecule has 0 radical (unpaired) electrons. The van der Waals surface area contributed by atoms with Crippen LogP contribution in [0.2, 0.25) is 5.02 Å². The maximum atomic E-state index is 6.21. The molecular formula is C17H21ClN2O. The van der Waals surface area contributed by atoms with Crippen LogP contribution in [0.3, 0.4) is 0 Å². The summed E-state index contributed by atoms with van der Waals surface area (Å²) in [4.78, 5) is 4.40. The van der Waals surface area contributed by atoms with Crippen molar-refractivity contribution in [2.75, 3.05) is 13.2 Å². The Bertz CT molecular complexity index is 638. The Labute approximate surface area is 130 Å². The minimum Gasteiger partial charge on any atom is -0.491 e. The van der Waals surface area contributed by atoms with Gasteiger partial charge < -0.3 is 10.1 Å². The van der Waals surface area contributed by atoms with Gasteiger partial charge in [-0.2, -0.15) is 0 Å². The molecule has 0 bridgehead atoms. The van der Waals surface area contributed by atoms with E-state index in [0.717, 1.165) is 29.2 Å². The first-order chi connectivity index (χ1) is 10.1. The highest BCUT2D eigenvalue weighted by molar-refractivity contribution is 6.35. The summed E-state index contributed by atoms with van der Waals surface area (Å²) in [6.07, 6.45) is 4.39. The van der Waals surface area contributed by atoms with Gasteiger partial charge in [0.1, 0.15) is 11.3 Å². The molecule has 0 spiro atoms. The minimum absolute atomic E-state index is 0.0866. The minimum atomic E-state index is 0.0866. The number of hydrogen-bond donors (Lipinski definition) is 1. The first-order valence-electron chi connectivity index (χ1n) is 7.45. The molecule has 0 amide bonds. The first kappa shape index (κ1) is 14.6. The lowest BCUT2D eigenvalue weighted by molar-refractivity contribution is 0.177. The van der Waals surface area contributed by atoms with E-state index in [-0.39, 0.29) is 5.41 Å². The number of rotatable bonds is 6. The zero-order chi connectivity index (χ0) is 14.9. The molecule has 1 aliphatic rings. The SMILES string of the molecule is CC(C)(CNC1CC1)COc1ccc(Cl)c2cccnc12. The third-order valence-corrected chi connectivity index (χ3v) is 4.07. The molecule has 1 aliphatic carbocycles. The van der Waals surface area contributed by atoms with Crippen molar-refractivity contribution >= 4 is 22.5 Å². The Hall–Kier alpha value is -1.32. The molecule has 2 aromatic rings. The fraction of sp³-hybridized carbons (Fsp3) is 0.471. The second-order valence-electron chi connectivity index (χ2n) is 6.55. The molecule has 4 heteroatoms. The normalized spacial score (nSPS) is 15.4. The van der Waals surface area contributed by atoms with Crippen LogP contribution in [0.1, 0.15) is 26.7 Å². The van der Waals surface area contributed by atoms with Crippen molar-refractivity contribution in [3.05, 3.63) is 35.5 Å². The second kappa shape index (κ2) is 5.82. The molecule has 21 heavy (non-hydrogen) atoms. The maximum absolute atomic E-state index is 6.21. The van der Waals surface area contributed by atoms with Crippen molar-refractivity contribution in [2.24, 2.45) is 5.41 Å². The number of hydrogen-bond acceptors (Lipinski definition) is 3. The Morgan fingerprint density at radius 3 is 2.90 bits per heavy atom. The average Bonchev–Trinajstić information content (AvgIpc) is 3.29. The molecule has 112 valence electrons. The molecule has 1 heterocycles. The molecule has 0 unspecified atom stereocenters. The van der Waals surface area contributed by atoms with E-state index < -0.39 is 0 Å². The first-order valence-corrected chi connectivity index (χ1v) is 7.82. The van der Waals surface area contributed by atoms with Gasteiger partial charge in [0.15, 0.2) is 0 Å². The number of ether oxygens (including phenoxy) is 1. The number of fused-ring (bicyclic) bond motifs is 1. The van der Waals surface area contributed by atoms with Crippen LogP contribution in [-0.4, -0.2) is 24.2 Å². The monoisotopic (exact) mass is 304 g/mol. The molecule has 1 N–H and O–H groups in total. The Balaban J connectivity index is 1.71. The van der Waals surface area contributed by atoms with Gasteiger partial charge in [-0.3, -0.25) is 4.98 Å². The van der Waals surface area contributed by atoms with Crippen molar-refractivity contribution in [3.8, 4) is 5.75 Å². The van der Waals surface area contributed by atoms with E-state index in [0.29, 0.717) is 11.6 Å². The van der Waals surface area contributed by atoms with Gasteiger partial charge in [0.25, 0.3) is 0 Å². The summed E-state index contributed by atoms with van der Waals surface area (Å²) in [5.74, 6) is 0.800. The summed E-state index contributed by atoms with van der Waals surface area (Å²) < 4.78 is 6.03. The van der Waals surface area contributed by atoms with Crippen molar-refractivity contribution < 1.29 is 4.74 Å². The standard InChI is InChI=1S/C17H21ClN2O/c1-17(2,10-20-12-5-6-12)11-21-15-8-7-14(18)13-4-3-9-19-16(13)15/h3-4,7-9,12,20H,5-6,10-11H2,1-2H3. The zero-order valence-corrected chi connectivity index (χ0v) is 13.3. The van der Waals surface area contributed by atoms with Crippen LogP contribution in [0.5, 0.6) is 5.75 Å². The predicted octanol–water partition coefficient (Wildman–Crippen LogP) is 4.05. The summed E-state index contributed by atoms with van der Waals surface area (Å²) in [6.45, 7) is 6.05. The molecule has 1 saturated carbocycles. The fourth-order valence-electron chi connectivity index (χ4n) is 2.26. The summed E-state index contributed by atoms with van der Waals surface area (Å²) >= 11 is 6.21. The Kier molecular flexibility index (Phi) is 4.05. The number of nitrogens with zero attached hydrogens (tertiary/aromatic N) is 1. The lowest BCUT2D eigenvalue weighted by atomic mass is 9.95. The van der Waals surface area contributed by atoms with Crippen molar-refractivity contribution in [3.63, 3.8) is 0 Å². The third kappa shape index (κ3) is 3.66. The fourth-order valence-corrected chi connectivity index (χ4v) is 2.48. The van der Waals surface area contributed by atoms with Crippen LogP contribution in [0, 0.1) is 5.41 Å². The van der Waals surface area contributed by atoms with Crippen LogP contribution in [0.25, 0.3) is 10.9 Å². The van der Waals surface area contributed by atoms with Gasteiger partial charge in [0, 0.05) is 29.6 Å². The van der Waals surface area contributed by atoms with Crippen LogP contribution >= 0.6 is 11.6 Å². The quantitative estimate of drug-likeness (QED) is 0.874. The van der Waals surface area contributed by atoms with Crippen molar-refractivity contribution in [1.82, 2.24) is 10.3 Å². The van der Waals surface area contributed by atoms with E-state index in [1.54, 1.807) is 6.20 Å². The predicted molar refractivity (Wildman–Crippen MR) is 87.1 cm³/mol. The van der Waals surface area contributed by atoms with Gasteiger partial charge in [0.2, 0.25) is 0 Å². The molecule has 3 nitrogen and oxygen atoms in total. The number of benzene rings is 1. The van der Waals surface area contributed by atoms with Gasteiger partial charge in [-0.1, -0.05) is 25.4 Å². The lowest BCUT2D eigenvalue weighted by Gasteiger charge is -2.25. The number of halogens is 1. The molecule has 1 aromatic heterocycles. The molecule has 1 aromatic carbocycles. The Morgan fingerprint density at radius 1 is 1.33 bits per heavy atom. The molecule has 1 fully saturated rings. The molecule has 0 aliphatic heterocycles. The molecule has 0 atom stereocenters. The van der Waals surface area contributed by atoms with Crippen LogP contribution in [-0.2, 0) is 0 Å². The van der Waals surface area contributed by atoms with Crippen molar-refractivity contribution in [1.29, 1.82) is 0 Å². The molecule has 3 rings (SSSR count). The van der Waals surface area contributed by atoms with Gasteiger partial charge >= 0.3 is 0 Å². The third-order valence-electron chi connectivity index (χ3n) is 3.74. The van der Waals surface area contributed by atoms with E-state index in [4.69, 9.17) is 16.3 Å². The lowest BCUT2D eigenvalue weighted by Crippen LogP contribution is -2.35. The molecule has 0 saturated heterocycles. The van der Waals surface area contributed by atoms with E-state index in [1.807, 2.05) is 24.3 Å². The van der Waals surface area contributed by atoms with Crippen LogP contribution in [0.4, 0.5) is 0 Å². The number of aromatic nitrogens is 1. The van der Waals surface area contributed by atoms with E-state index >= 15 is 0 Å². The van der Waals surface area contributed by atoms with Gasteiger partial charge in [-0.25, -0.2) is 0 Å². The maximum Gasteiger partial charge on any atom is 0.145 e. The van der Waals surface area contributed by atoms with E-state index in [9.17, 15) is 0 Å². The van der Waals surface area contributed by atoms with Gasteiger partial charge in [0.05, 0.1) is 11.6 Å². The molecular weight excluding hydrogens is 284 g/mol. The van der Waals surface area contributed by atoms with Gasteiger partial charge in [-0.15, -0.1) is 0 Å². The summed E-state index contributed by atoms with van der Waals surface area (Å²) in [7, 11) is 0. The zero-order valence-electron chi connectivity index (χ0n) is 12.5. The van der Waals surface area contributed by atoms with Crippen LogP contribution in [0.15, 0.2) is 30.5 Å². The van der Waals surface area contributed by atoms with E-state index in [1.165, 1.54) is 12.8 Å². The van der Waals surface area contributed by atoms with E-state index in [2.05, 4.69) is 24.1 Å². The highest BCUT2D eigenvalue weighted by atomic mass is 35.5. The largest absolute Gasteiger partial charge is 0.491 e. The number of pyridine rings is 1. The summed E-state index contributed by atoms with van der Waals surface area (Å²) in [5.41, 5.74) is 0.916. The highest BCUT2D eigenvalue weighted by Crippen LogP contribution is 2.31. The number of nitrogens with one attached hydrogen (secondary N) is 1. The second-order valence-corrected chi connectivity index (χ2v) is 6.96. The van der Waals surface area contributed by atoms with Gasteiger partial charge in [-0.05, 0) is 37.1 Å². The topological polar surface area (TPSA) is 34.1 Å². The Morgan fingerprint density at radius 2 is 2.14 bits per heavy atom. The summed E-state index contributed by atoms with van der Waals surface area (Å²) in [6, 6.07) is 8.36. The average molecular weight is 305 g/mol.